The minimum atomic E-state index is 0.168. The zero-order chi connectivity index (χ0) is 13.8. The van der Waals surface area contributed by atoms with Gasteiger partial charge in [0.25, 0.3) is 0 Å². The second-order valence-corrected chi connectivity index (χ2v) is 5.49. The van der Waals surface area contributed by atoms with Gasteiger partial charge in [0, 0.05) is 17.3 Å². The lowest BCUT2D eigenvalue weighted by Crippen LogP contribution is -2.43. The van der Waals surface area contributed by atoms with E-state index < -0.39 is 0 Å². The van der Waals surface area contributed by atoms with E-state index in [1.165, 1.54) is 0 Å². The van der Waals surface area contributed by atoms with E-state index in [0.717, 1.165) is 31.5 Å². The molecule has 2 N–H and O–H groups in total. The fourth-order valence-corrected chi connectivity index (χ4v) is 2.55. The van der Waals surface area contributed by atoms with Gasteiger partial charge in [0.2, 0.25) is 0 Å². The highest BCUT2D eigenvalue weighted by Crippen LogP contribution is 2.15. The van der Waals surface area contributed by atoms with E-state index in [9.17, 15) is 4.79 Å². The fourth-order valence-electron chi connectivity index (χ4n) is 2.55. The summed E-state index contributed by atoms with van der Waals surface area (Å²) in [6.45, 7) is 2.72. The predicted octanol–water partition coefficient (Wildman–Crippen LogP) is 1.48. The Labute approximate surface area is 115 Å². The topological polar surface area (TPSA) is 49.6 Å². The number of benzene rings is 1. The second kappa shape index (κ2) is 6.17. The maximum Gasteiger partial charge on any atom is 0.176 e. The van der Waals surface area contributed by atoms with Gasteiger partial charge in [-0.3, -0.25) is 9.69 Å². The first-order valence-corrected chi connectivity index (χ1v) is 6.84. The molecule has 0 aromatic heterocycles. The van der Waals surface area contributed by atoms with E-state index in [2.05, 4.69) is 16.8 Å². The molecule has 0 amide bonds. The summed E-state index contributed by atoms with van der Waals surface area (Å²) in [5.41, 5.74) is 7.07. The van der Waals surface area contributed by atoms with Crippen molar-refractivity contribution in [3.05, 3.63) is 29.8 Å². The van der Waals surface area contributed by atoms with Crippen molar-refractivity contribution < 1.29 is 4.79 Å². The lowest BCUT2D eigenvalue weighted by molar-refractivity contribution is 0.0871. The molecule has 0 saturated carbocycles. The van der Waals surface area contributed by atoms with Crippen LogP contribution in [0.3, 0.4) is 0 Å². The summed E-state index contributed by atoms with van der Waals surface area (Å²) in [4.78, 5) is 16.7. The Morgan fingerprint density at radius 2 is 1.89 bits per heavy atom. The molecule has 1 aromatic rings. The molecule has 1 saturated heterocycles. The fraction of sp³-hybridized carbons (Fsp3) is 0.533. The maximum atomic E-state index is 12.2. The quantitative estimate of drug-likeness (QED) is 0.659. The molecule has 104 valence electrons. The van der Waals surface area contributed by atoms with Crippen LogP contribution in [0.5, 0.6) is 0 Å². The Morgan fingerprint density at radius 3 is 2.47 bits per heavy atom. The zero-order valence-corrected chi connectivity index (χ0v) is 11.8. The molecule has 0 radical (unpaired) electrons. The van der Waals surface area contributed by atoms with E-state index in [0.29, 0.717) is 18.3 Å². The summed E-state index contributed by atoms with van der Waals surface area (Å²) in [7, 11) is 4.20. The number of hydrogen-bond acceptors (Lipinski definition) is 4. The van der Waals surface area contributed by atoms with Crippen molar-refractivity contribution >= 4 is 11.5 Å². The molecule has 0 aliphatic carbocycles. The lowest BCUT2D eigenvalue weighted by Gasteiger charge is -2.34. The van der Waals surface area contributed by atoms with E-state index in [1.807, 2.05) is 7.05 Å². The van der Waals surface area contributed by atoms with Crippen LogP contribution < -0.4 is 5.73 Å². The minimum absolute atomic E-state index is 0.168. The monoisotopic (exact) mass is 261 g/mol. The summed E-state index contributed by atoms with van der Waals surface area (Å²) in [6, 6.07) is 7.69. The van der Waals surface area contributed by atoms with Crippen LogP contribution >= 0.6 is 0 Å². The van der Waals surface area contributed by atoms with Gasteiger partial charge in [0.05, 0.1) is 6.54 Å². The number of nitrogen functional groups attached to an aromatic ring is 1. The molecule has 0 spiro atoms. The largest absolute Gasteiger partial charge is 0.399 e. The van der Waals surface area contributed by atoms with E-state index in [4.69, 9.17) is 5.73 Å². The Hall–Kier alpha value is -1.39. The highest BCUT2D eigenvalue weighted by molar-refractivity contribution is 5.97. The maximum absolute atomic E-state index is 12.2. The molecule has 0 bridgehead atoms. The van der Waals surface area contributed by atoms with Gasteiger partial charge in [-0.2, -0.15) is 0 Å². The van der Waals surface area contributed by atoms with Crippen LogP contribution in [0.2, 0.25) is 0 Å². The average Bonchev–Trinajstić information content (AvgIpc) is 2.40. The Morgan fingerprint density at radius 1 is 1.32 bits per heavy atom. The van der Waals surface area contributed by atoms with Crippen LogP contribution in [-0.2, 0) is 0 Å². The van der Waals surface area contributed by atoms with Gasteiger partial charge in [-0.25, -0.2) is 0 Å². The third kappa shape index (κ3) is 3.78. The highest BCUT2D eigenvalue weighted by atomic mass is 16.1. The number of ketones is 1. The molecule has 1 aliphatic rings. The van der Waals surface area contributed by atoms with Gasteiger partial charge in [-0.1, -0.05) is 0 Å². The van der Waals surface area contributed by atoms with Crippen molar-refractivity contribution in [2.75, 3.05) is 39.5 Å². The number of carbonyl (C=O) groups is 1. The van der Waals surface area contributed by atoms with Crippen LogP contribution in [-0.4, -0.2) is 55.4 Å². The standard InChI is InChI=1S/C15H23N3O/c1-17-9-7-14(8-10-17)18(2)11-15(19)12-3-5-13(16)6-4-12/h3-6,14H,7-11,16H2,1-2H3. The lowest BCUT2D eigenvalue weighted by atomic mass is 10.0. The first-order valence-electron chi connectivity index (χ1n) is 6.84. The smallest absolute Gasteiger partial charge is 0.176 e. The minimum Gasteiger partial charge on any atom is -0.399 e. The van der Waals surface area contributed by atoms with Crippen LogP contribution in [0.4, 0.5) is 5.69 Å². The summed E-state index contributed by atoms with van der Waals surface area (Å²) in [5.74, 6) is 0.168. The number of piperidine rings is 1. The number of Topliss-reactive ketones (excluding diaryl/α,β-unsaturated/α-hetero) is 1. The highest BCUT2D eigenvalue weighted by Gasteiger charge is 2.22. The van der Waals surface area contributed by atoms with Crippen molar-refractivity contribution in [3.63, 3.8) is 0 Å². The number of hydrogen-bond donors (Lipinski definition) is 1. The van der Waals surface area contributed by atoms with Crippen LogP contribution in [0.15, 0.2) is 24.3 Å². The molecule has 19 heavy (non-hydrogen) atoms. The van der Waals surface area contributed by atoms with Crippen molar-refractivity contribution in [2.45, 2.75) is 18.9 Å². The number of anilines is 1. The molecule has 0 atom stereocenters. The normalized spacial score (nSPS) is 17.8. The summed E-state index contributed by atoms with van der Waals surface area (Å²) >= 11 is 0. The molecular weight excluding hydrogens is 238 g/mol. The number of rotatable bonds is 4. The first kappa shape index (κ1) is 14.0. The summed E-state index contributed by atoms with van der Waals surface area (Å²) in [5, 5.41) is 0. The van der Waals surface area contributed by atoms with Crippen LogP contribution in [0.1, 0.15) is 23.2 Å². The van der Waals surface area contributed by atoms with Crippen molar-refractivity contribution in [1.82, 2.24) is 9.80 Å². The third-order valence-corrected chi connectivity index (χ3v) is 3.94. The van der Waals surface area contributed by atoms with E-state index in [-0.39, 0.29) is 5.78 Å². The van der Waals surface area contributed by atoms with E-state index in [1.54, 1.807) is 24.3 Å². The van der Waals surface area contributed by atoms with Gasteiger partial charge in [0.15, 0.2) is 5.78 Å². The molecule has 1 aromatic carbocycles. The van der Waals surface area contributed by atoms with Crippen LogP contribution in [0, 0.1) is 0 Å². The van der Waals surface area contributed by atoms with E-state index >= 15 is 0 Å². The number of nitrogens with two attached hydrogens (primary N) is 1. The van der Waals surface area contributed by atoms with Gasteiger partial charge < -0.3 is 10.6 Å². The molecule has 1 aliphatic heterocycles. The summed E-state index contributed by atoms with van der Waals surface area (Å²) < 4.78 is 0. The summed E-state index contributed by atoms with van der Waals surface area (Å²) in [6.07, 6.45) is 2.28. The molecule has 1 heterocycles. The molecule has 2 rings (SSSR count). The number of nitrogens with zero attached hydrogens (tertiary/aromatic N) is 2. The molecule has 0 unspecified atom stereocenters. The third-order valence-electron chi connectivity index (χ3n) is 3.94. The number of likely N-dealkylation sites (N-methyl/N-ethyl adjacent to an activating group) is 1. The SMILES string of the molecule is CN1CCC(N(C)CC(=O)c2ccc(N)cc2)CC1. The van der Waals surface area contributed by atoms with Crippen molar-refractivity contribution in [1.29, 1.82) is 0 Å². The van der Waals surface area contributed by atoms with Gasteiger partial charge in [0.1, 0.15) is 0 Å². The zero-order valence-electron chi connectivity index (χ0n) is 11.8. The molecule has 4 nitrogen and oxygen atoms in total. The van der Waals surface area contributed by atoms with Crippen molar-refractivity contribution in [2.24, 2.45) is 0 Å². The Bertz CT molecular complexity index is 422. The Balaban J connectivity index is 1.89. The van der Waals surface area contributed by atoms with Gasteiger partial charge >= 0.3 is 0 Å². The average molecular weight is 261 g/mol. The second-order valence-electron chi connectivity index (χ2n) is 5.49. The molecule has 1 fully saturated rings. The van der Waals surface area contributed by atoms with Gasteiger partial charge in [-0.15, -0.1) is 0 Å². The molecule has 4 heteroatoms. The van der Waals surface area contributed by atoms with Crippen LogP contribution in [0.25, 0.3) is 0 Å². The Kier molecular flexibility index (Phi) is 4.56. The predicted molar refractivity (Wildman–Crippen MR) is 78.3 cm³/mol. The number of likely N-dealkylation sites (tertiary alicyclic amines) is 1. The molecular formula is C15H23N3O. The number of carbonyl (C=O) groups excluding carboxylic acids is 1. The first-order chi connectivity index (χ1) is 9.06. The van der Waals surface area contributed by atoms with Crippen molar-refractivity contribution in [3.8, 4) is 0 Å². The van der Waals surface area contributed by atoms with Gasteiger partial charge in [-0.05, 0) is 64.3 Å².